The molecule has 0 fully saturated rings. The average Bonchev–Trinajstić information content (AvgIpc) is 2.17. The quantitative estimate of drug-likeness (QED) is 0.647. The van der Waals surface area contributed by atoms with E-state index < -0.39 is 11.9 Å². The van der Waals surface area contributed by atoms with Crippen LogP contribution in [-0.4, -0.2) is 42.0 Å². The molecule has 0 bridgehead atoms. The number of carbonyl (C=O) groups excluding carboxylic acids is 2. The number of carbonyl (C=O) groups is 2. The van der Waals surface area contributed by atoms with Gasteiger partial charge >= 0.3 is 5.97 Å². The molecule has 0 saturated carbocycles. The maximum atomic E-state index is 11.4. The van der Waals surface area contributed by atoms with Gasteiger partial charge in [0.05, 0.1) is 19.2 Å². The maximum absolute atomic E-state index is 11.4. The minimum Gasteiger partial charge on any atom is -0.465 e. The fourth-order valence-electron chi connectivity index (χ4n) is 1.61. The summed E-state index contributed by atoms with van der Waals surface area (Å²) in [6.45, 7) is 7.92. The Balaban J connectivity index is 4.59. The van der Waals surface area contributed by atoms with E-state index in [0.717, 1.165) is 0 Å². The van der Waals surface area contributed by atoms with Crippen LogP contribution >= 0.6 is 0 Å². The minimum absolute atomic E-state index is 0.0712. The molecule has 2 N–H and O–H groups in total. The van der Waals surface area contributed by atoms with Gasteiger partial charge in [-0.3, -0.25) is 14.5 Å². The van der Waals surface area contributed by atoms with Crippen LogP contribution in [0.5, 0.6) is 0 Å². The highest BCUT2D eigenvalue weighted by Gasteiger charge is 2.26. The summed E-state index contributed by atoms with van der Waals surface area (Å²) < 4.78 is 4.86. The fourth-order valence-corrected chi connectivity index (χ4v) is 1.61. The van der Waals surface area contributed by atoms with Crippen molar-refractivity contribution < 1.29 is 14.3 Å². The molecule has 0 aromatic rings. The molecule has 0 aliphatic carbocycles. The predicted molar refractivity (Wildman–Crippen MR) is 61.7 cm³/mol. The molecule has 0 radical (unpaired) electrons. The van der Waals surface area contributed by atoms with Gasteiger partial charge in [0.2, 0.25) is 5.91 Å². The van der Waals surface area contributed by atoms with Gasteiger partial charge in [-0.15, -0.1) is 0 Å². The third-order valence-electron chi connectivity index (χ3n) is 2.40. The van der Waals surface area contributed by atoms with Crippen molar-refractivity contribution >= 4 is 11.9 Å². The summed E-state index contributed by atoms with van der Waals surface area (Å²) in [7, 11) is 0. The first kappa shape index (κ1) is 14.9. The second-order valence-corrected chi connectivity index (χ2v) is 3.90. The molecule has 1 atom stereocenters. The van der Waals surface area contributed by atoms with Gasteiger partial charge in [-0.05, 0) is 27.2 Å². The van der Waals surface area contributed by atoms with E-state index in [1.165, 1.54) is 0 Å². The monoisotopic (exact) mass is 230 g/mol. The molecule has 0 spiro atoms. The number of nitrogens with two attached hydrogens (primary N) is 1. The molecule has 5 nitrogen and oxygen atoms in total. The molecule has 1 unspecified atom stereocenters. The number of ether oxygens (including phenoxy) is 1. The number of hydrogen-bond donors (Lipinski definition) is 1. The topological polar surface area (TPSA) is 72.6 Å². The highest BCUT2D eigenvalue weighted by atomic mass is 16.5. The van der Waals surface area contributed by atoms with Crippen molar-refractivity contribution in [3.8, 4) is 0 Å². The second kappa shape index (κ2) is 7.22. The van der Waals surface area contributed by atoms with Crippen molar-refractivity contribution in [2.75, 3.05) is 13.2 Å². The largest absolute Gasteiger partial charge is 0.465 e. The Morgan fingerprint density at radius 3 is 2.19 bits per heavy atom. The second-order valence-electron chi connectivity index (χ2n) is 3.90. The molecule has 0 heterocycles. The number of nitrogens with zero attached hydrogens (tertiary/aromatic N) is 1. The summed E-state index contributed by atoms with van der Waals surface area (Å²) in [5, 5.41) is 0. The molecule has 0 aromatic carbocycles. The highest BCUT2D eigenvalue weighted by Crippen LogP contribution is 2.09. The van der Waals surface area contributed by atoms with Gasteiger partial charge in [0.15, 0.2) is 0 Å². The Morgan fingerprint density at radius 1 is 1.31 bits per heavy atom. The van der Waals surface area contributed by atoms with Crippen molar-refractivity contribution in [1.82, 2.24) is 4.90 Å². The summed E-state index contributed by atoms with van der Waals surface area (Å²) in [6.07, 6.45) is 0.590. The Hall–Kier alpha value is -1.10. The molecule has 94 valence electrons. The van der Waals surface area contributed by atoms with Crippen LogP contribution in [0.1, 0.15) is 34.1 Å². The predicted octanol–water partition coefficient (Wildman–Crippen LogP) is 0.524. The summed E-state index contributed by atoms with van der Waals surface area (Å²) in [4.78, 5) is 24.4. The molecule has 5 heteroatoms. The van der Waals surface area contributed by atoms with Crippen LogP contribution in [0.4, 0.5) is 0 Å². The lowest BCUT2D eigenvalue weighted by molar-refractivity contribution is -0.146. The van der Waals surface area contributed by atoms with Gasteiger partial charge in [0.1, 0.15) is 0 Å². The van der Waals surface area contributed by atoms with Gasteiger partial charge in [-0.2, -0.15) is 0 Å². The van der Waals surface area contributed by atoms with Crippen molar-refractivity contribution in [3.63, 3.8) is 0 Å². The molecule has 0 aromatic heterocycles. The molecule has 16 heavy (non-hydrogen) atoms. The first-order chi connectivity index (χ1) is 7.43. The molecule has 1 amide bonds. The number of primary amides is 1. The van der Waals surface area contributed by atoms with Crippen LogP contribution in [0.2, 0.25) is 0 Å². The first-order valence-corrected chi connectivity index (χ1v) is 5.64. The molecule has 0 rings (SSSR count). The maximum Gasteiger partial charge on any atom is 0.320 e. The smallest absolute Gasteiger partial charge is 0.320 e. The standard InChI is InChI=1S/C11H22N2O3/c1-5-9(11(12)15)13(8(3)4)7-10(14)16-6-2/h8-9H,5-7H2,1-4H3,(H2,12,15). The Labute approximate surface area is 96.9 Å². The minimum atomic E-state index is -0.413. The van der Waals surface area contributed by atoms with Crippen LogP contribution in [0.3, 0.4) is 0 Å². The first-order valence-electron chi connectivity index (χ1n) is 5.64. The van der Waals surface area contributed by atoms with E-state index in [2.05, 4.69) is 0 Å². The average molecular weight is 230 g/mol. The van der Waals surface area contributed by atoms with Crippen molar-refractivity contribution in [2.45, 2.75) is 46.2 Å². The van der Waals surface area contributed by atoms with E-state index in [-0.39, 0.29) is 18.6 Å². The lowest BCUT2D eigenvalue weighted by Crippen LogP contribution is -2.50. The van der Waals surface area contributed by atoms with Crippen LogP contribution in [0, 0.1) is 0 Å². The molecular formula is C11H22N2O3. The van der Waals surface area contributed by atoms with Gasteiger partial charge in [0, 0.05) is 6.04 Å². The van der Waals surface area contributed by atoms with Gasteiger partial charge in [0.25, 0.3) is 0 Å². The van der Waals surface area contributed by atoms with Crippen LogP contribution < -0.4 is 5.73 Å². The summed E-state index contributed by atoms with van der Waals surface area (Å²) in [5.74, 6) is -0.726. The van der Waals surface area contributed by atoms with Gasteiger partial charge in [-0.1, -0.05) is 6.92 Å². The lowest BCUT2D eigenvalue weighted by atomic mass is 10.1. The van der Waals surface area contributed by atoms with Crippen LogP contribution in [-0.2, 0) is 14.3 Å². The summed E-state index contributed by atoms with van der Waals surface area (Å²) in [5.41, 5.74) is 5.30. The molecular weight excluding hydrogens is 208 g/mol. The zero-order valence-corrected chi connectivity index (χ0v) is 10.5. The summed E-state index contributed by atoms with van der Waals surface area (Å²) in [6, 6.07) is -0.341. The number of amides is 1. The summed E-state index contributed by atoms with van der Waals surface area (Å²) >= 11 is 0. The van der Waals surface area contributed by atoms with Gasteiger partial charge < -0.3 is 10.5 Å². The van der Waals surface area contributed by atoms with E-state index in [1.807, 2.05) is 20.8 Å². The Morgan fingerprint density at radius 2 is 1.88 bits per heavy atom. The zero-order chi connectivity index (χ0) is 12.7. The zero-order valence-electron chi connectivity index (χ0n) is 10.5. The third kappa shape index (κ3) is 4.61. The van der Waals surface area contributed by atoms with E-state index >= 15 is 0 Å². The van der Waals surface area contributed by atoms with E-state index in [0.29, 0.717) is 13.0 Å². The molecule has 0 saturated heterocycles. The fraction of sp³-hybridized carbons (Fsp3) is 0.818. The van der Waals surface area contributed by atoms with Crippen molar-refractivity contribution in [1.29, 1.82) is 0 Å². The lowest BCUT2D eigenvalue weighted by Gasteiger charge is -2.31. The Bertz CT molecular complexity index is 241. The third-order valence-corrected chi connectivity index (χ3v) is 2.40. The van der Waals surface area contributed by atoms with Crippen LogP contribution in [0.25, 0.3) is 0 Å². The van der Waals surface area contributed by atoms with Crippen molar-refractivity contribution in [3.05, 3.63) is 0 Å². The normalized spacial score (nSPS) is 12.9. The van der Waals surface area contributed by atoms with E-state index in [1.54, 1.807) is 11.8 Å². The van der Waals surface area contributed by atoms with E-state index in [9.17, 15) is 9.59 Å². The highest BCUT2D eigenvalue weighted by molar-refractivity contribution is 5.81. The number of hydrogen-bond acceptors (Lipinski definition) is 4. The number of esters is 1. The van der Waals surface area contributed by atoms with Gasteiger partial charge in [-0.25, -0.2) is 0 Å². The number of rotatable bonds is 7. The van der Waals surface area contributed by atoms with Crippen LogP contribution in [0.15, 0.2) is 0 Å². The SMILES string of the molecule is CCOC(=O)CN(C(C)C)C(CC)C(N)=O. The molecule has 0 aliphatic heterocycles. The molecule has 0 aliphatic rings. The van der Waals surface area contributed by atoms with Crippen molar-refractivity contribution in [2.24, 2.45) is 5.73 Å². The van der Waals surface area contributed by atoms with E-state index in [4.69, 9.17) is 10.5 Å². The Kier molecular flexibility index (Phi) is 6.72.